The van der Waals surface area contributed by atoms with E-state index in [-0.39, 0.29) is 11.9 Å². The average Bonchev–Trinajstić information content (AvgIpc) is 2.84. The van der Waals surface area contributed by atoms with Gasteiger partial charge in [0.05, 0.1) is 32.6 Å². The summed E-state index contributed by atoms with van der Waals surface area (Å²) in [6.45, 7) is 10.6. The van der Waals surface area contributed by atoms with E-state index in [4.69, 9.17) is 18.5 Å². The van der Waals surface area contributed by atoms with E-state index in [9.17, 15) is 14.2 Å². The van der Waals surface area contributed by atoms with Crippen molar-refractivity contribution in [3.05, 3.63) is 25.3 Å². The summed E-state index contributed by atoms with van der Waals surface area (Å²) in [7, 11) is -3.01. The van der Waals surface area contributed by atoms with Crippen molar-refractivity contribution in [1.82, 2.24) is 0 Å². The van der Waals surface area contributed by atoms with E-state index in [1.807, 2.05) is 0 Å². The van der Waals surface area contributed by atoms with E-state index in [0.717, 1.165) is 89.9 Å². The zero-order valence-electron chi connectivity index (χ0n) is 21.3. The lowest BCUT2D eigenvalue weighted by Crippen LogP contribution is -2.03. The molecule has 0 spiro atoms. The highest BCUT2D eigenvalue weighted by Crippen LogP contribution is 2.49. The second kappa shape index (κ2) is 23.3. The van der Waals surface area contributed by atoms with Gasteiger partial charge in [0.1, 0.15) is 0 Å². The first-order valence-corrected chi connectivity index (χ1v) is 14.7. The maximum Gasteiger partial charge on any atom is 0.330 e. The largest absolute Gasteiger partial charge is 0.463 e. The summed E-state index contributed by atoms with van der Waals surface area (Å²) in [6.07, 6.45) is 16.5. The Balaban J connectivity index is 3.78. The smallest absolute Gasteiger partial charge is 0.330 e. The summed E-state index contributed by atoms with van der Waals surface area (Å²) in [4.78, 5) is 21.9. The van der Waals surface area contributed by atoms with Crippen molar-refractivity contribution < 1.29 is 32.7 Å². The Kier molecular flexibility index (Phi) is 22.3. The van der Waals surface area contributed by atoms with Crippen LogP contribution in [0.2, 0.25) is 0 Å². The van der Waals surface area contributed by atoms with Crippen molar-refractivity contribution in [2.24, 2.45) is 0 Å². The van der Waals surface area contributed by atoms with E-state index >= 15 is 0 Å². The third-order valence-electron chi connectivity index (χ3n) is 5.26. The highest BCUT2D eigenvalue weighted by molar-refractivity contribution is 7.53. The molecule has 0 rings (SSSR count). The molecule has 0 heterocycles. The van der Waals surface area contributed by atoms with Crippen LogP contribution >= 0.6 is 7.60 Å². The molecular weight excluding hydrogens is 455 g/mol. The highest BCUT2D eigenvalue weighted by Gasteiger charge is 2.23. The summed E-state index contributed by atoms with van der Waals surface area (Å²) in [5.41, 5.74) is 0. The van der Waals surface area contributed by atoms with Gasteiger partial charge < -0.3 is 18.5 Å². The molecule has 0 atom stereocenters. The molecule has 0 unspecified atom stereocenters. The van der Waals surface area contributed by atoms with Gasteiger partial charge in [0.25, 0.3) is 0 Å². The fraction of sp³-hybridized carbons (Fsp3) is 0.769. The zero-order chi connectivity index (χ0) is 25.3. The molecule has 0 aromatic heterocycles. The molecule has 198 valence electrons. The number of rotatable bonds is 25. The Morgan fingerprint density at radius 3 is 1.32 bits per heavy atom. The van der Waals surface area contributed by atoms with Gasteiger partial charge in [-0.05, 0) is 32.1 Å². The van der Waals surface area contributed by atoms with Crippen LogP contribution in [0.15, 0.2) is 25.3 Å². The molecule has 0 N–H and O–H groups in total. The molecule has 0 radical (unpaired) electrons. The van der Waals surface area contributed by atoms with Gasteiger partial charge in [0, 0.05) is 12.2 Å². The lowest BCUT2D eigenvalue weighted by molar-refractivity contribution is -0.138. The minimum absolute atomic E-state index is 0.368. The number of ether oxygens (including phenoxy) is 2. The first-order chi connectivity index (χ1) is 16.5. The Morgan fingerprint density at radius 2 is 0.971 bits per heavy atom. The quantitative estimate of drug-likeness (QED) is 0.0567. The molecule has 0 aromatic rings. The van der Waals surface area contributed by atoms with Crippen LogP contribution in [0.3, 0.4) is 0 Å². The van der Waals surface area contributed by atoms with Crippen molar-refractivity contribution in [3.63, 3.8) is 0 Å². The summed E-state index contributed by atoms with van der Waals surface area (Å²) in [6, 6.07) is 0. The number of carbonyl (C=O) groups is 2. The van der Waals surface area contributed by atoms with Crippen molar-refractivity contribution >= 4 is 19.5 Å². The van der Waals surface area contributed by atoms with Crippen LogP contribution in [0, 0.1) is 0 Å². The van der Waals surface area contributed by atoms with Gasteiger partial charge in [-0.2, -0.15) is 0 Å². The second-order valence-electron chi connectivity index (χ2n) is 8.34. The van der Waals surface area contributed by atoms with Crippen LogP contribution in [0.4, 0.5) is 0 Å². The monoisotopic (exact) mass is 502 g/mol. The Bertz CT molecular complexity index is 548. The maximum absolute atomic E-state index is 13.0. The molecule has 0 fully saturated rings. The third-order valence-corrected chi connectivity index (χ3v) is 7.28. The molecule has 0 bridgehead atoms. The van der Waals surface area contributed by atoms with E-state index in [0.29, 0.717) is 32.6 Å². The molecular formula is C26H47O7P. The van der Waals surface area contributed by atoms with Crippen LogP contribution in [0.5, 0.6) is 0 Å². The SMILES string of the molecule is C=CC(=O)OCCCCCCCCOP(=O)(CCCC)OCCCCCCCCOC(=O)C=C. The van der Waals surface area contributed by atoms with E-state index in [1.54, 1.807) is 0 Å². The minimum Gasteiger partial charge on any atom is -0.463 e. The van der Waals surface area contributed by atoms with Gasteiger partial charge in [0.15, 0.2) is 0 Å². The standard InChI is InChI=1S/C26H47O7P/c1-4-7-24-34(29,32-22-18-14-10-8-12-16-20-30-25(27)5-2)33-23-19-15-11-9-13-17-21-31-26(28)6-3/h5-6H,2-4,7-24H2,1H3. The Hall–Kier alpha value is -1.43. The van der Waals surface area contributed by atoms with Gasteiger partial charge in [-0.3, -0.25) is 4.57 Å². The van der Waals surface area contributed by atoms with Gasteiger partial charge in [0.2, 0.25) is 0 Å². The predicted octanol–water partition coefficient (Wildman–Crippen LogP) is 7.15. The predicted molar refractivity (Wildman–Crippen MR) is 137 cm³/mol. The molecule has 0 amide bonds. The van der Waals surface area contributed by atoms with E-state index in [2.05, 4.69) is 20.1 Å². The molecule has 0 saturated carbocycles. The van der Waals surface area contributed by atoms with Crippen molar-refractivity contribution in [3.8, 4) is 0 Å². The third kappa shape index (κ3) is 21.1. The molecule has 0 aliphatic carbocycles. The van der Waals surface area contributed by atoms with Crippen LogP contribution in [-0.2, 0) is 32.7 Å². The van der Waals surface area contributed by atoms with E-state index < -0.39 is 7.60 Å². The maximum atomic E-state index is 13.0. The van der Waals surface area contributed by atoms with Gasteiger partial charge in [-0.1, -0.05) is 77.9 Å². The summed E-state index contributed by atoms with van der Waals surface area (Å²) in [5, 5.41) is 0. The molecule has 7 nitrogen and oxygen atoms in total. The number of esters is 2. The van der Waals surface area contributed by atoms with Crippen LogP contribution in [-0.4, -0.2) is 44.5 Å². The van der Waals surface area contributed by atoms with Crippen molar-refractivity contribution in [2.45, 2.75) is 96.8 Å². The minimum atomic E-state index is -3.01. The zero-order valence-corrected chi connectivity index (χ0v) is 22.2. The molecule has 0 aromatic carbocycles. The first-order valence-electron chi connectivity index (χ1n) is 12.9. The number of hydrogen-bond acceptors (Lipinski definition) is 7. The molecule has 0 aliphatic heterocycles. The van der Waals surface area contributed by atoms with Crippen LogP contribution in [0.1, 0.15) is 96.8 Å². The average molecular weight is 503 g/mol. The summed E-state index contributed by atoms with van der Waals surface area (Å²) < 4.78 is 34.4. The van der Waals surface area contributed by atoms with Gasteiger partial charge in [-0.25, -0.2) is 9.59 Å². The number of unbranched alkanes of at least 4 members (excludes halogenated alkanes) is 11. The summed E-state index contributed by atoms with van der Waals surface area (Å²) in [5.74, 6) is -0.736. The van der Waals surface area contributed by atoms with Gasteiger partial charge >= 0.3 is 19.5 Å². The molecule has 34 heavy (non-hydrogen) atoms. The fourth-order valence-electron chi connectivity index (χ4n) is 3.21. The van der Waals surface area contributed by atoms with Crippen LogP contribution in [0.25, 0.3) is 0 Å². The normalized spacial score (nSPS) is 11.2. The summed E-state index contributed by atoms with van der Waals surface area (Å²) >= 11 is 0. The highest BCUT2D eigenvalue weighted by atomic mass is 31.2. The fourth-order valence-corrected chi connectivity index (χ4v) is 5.06. The number of carbonyl (C=O) groups excluding carboxylic acids is 2. The van der Waals surface area contributed by atoms with Gasteiger partial charge in [-0.15, -0.1) is 0 Å². The molecule has 0 saturated heterocycles. The Labute approximate surface area is 207 Å². The number of hydrogen-bond donors (Lipinski definition) is 0. The first kappa shape index (κ1) is 32.6. The van der Waals surface area contributed by atoms with Crippen molar-refractivity contribution in [1.29, 1.82) is 0 Å². The van der Waals surface area contributed by atoms with E-state index in [1.165, 1.54) is 12.2 Å². The topological polar surface area (TPSA) is 88.1 Å². The van der Waals surface area contributed by atoms with Crippen LogP contribution < -0.4 is 0 Å². The Morgan fingerprint density at radius 1 is 0.618 bits per heavy atom. The molecule has 0 aliphatic rings. The lowest BCUT2D eigenvalue weighted by Gasteiger charge is -2.18. The lowest BCUT2D eigenvalue weighted by atomic mass is 10.1. The molecule has 8 heteroatoms. The second-order valence-corrected chi connectivity index (χ2v) is 10.5. The van der Waals surface area contributed by atoms with Crippen molar-refractivity contribution in [2.75, 3.05) is 32.6 Å².